The predicted molar refractivity (Wildman–Crippen MR) is 162 cm³/mol. The van der Waals surface area contributed by atoms with E-state index in [9.17, 15) is 20.2 Å². The molecule has 0 aliphatic carbocycles. The molecule has 2 heterocycles. The number of non-ortho nitro benzene ring substituents is 1. The summed E-state index contributed by atoms with van der Waals surface area (Å²) in [6.45, 7) is 5.78. The number of benzene rings is 4. The molecule has 0 unspecified atom stereocenters. The molecule has 0 N–H and O–H groups in total. The Hall–Kier alpha value is -6.01. The van der Waals surface area contributed by atoms with Gasteiger partial charge in [-0.15, -0.1) is 0 Å². The Balaban J connectivity index is 1.78. The third-order valence-corrected chi connectivity index (χ3v) is 8.05. The van der Waals surface area contributed by atoms with Crippen molar-refractivity contribution in [1.29, 1.82) is 5.26 Å². The molecule has 44 heavy (non-hydrogen) atoms. The Kier molecular flexibility index (Phi) is 6.82. The summed E-state index contributed by atoms with van der Waals surface area (Å²) < 4.78 is 12.3. The summed E-state index contributed by atoms with van der Waals surface area (Å²) in [6.07, 6.45) is 0. The minimum absolute atomic E-state index is 0.00590. The molecular formula is C35H25N3O6. The molecule has 216 valence electrons. The van der Waals surface area contributed by atoms with Crippen LogP contribution in [0.4, 0.5) is 17.1 Å². The van der Waals surface area contributed by atoms with Crippen molar-refractivity contribution >= 4 is 34.7 Å². The topological polar surface area (TPSA) is 123 Å². The number of para-hydroxylation sites is 2. The van der Waals surface area contributed by atoms with Crippen LogP contribution in [-0.2, 0) is 30.1 Å². The van der Waals surface area contributed by atoms with E-state index in [1.54, 1.807) is 85.8 Å². The zero-order valence-electron chi connectivity index (χ0n) is 23.6. The molecule has 0 radical (unpaired) electrons. The minimum Gasteiger partial charge on any atom is -0.474 e. The number of nitriles is 1. The van der Waals surface area contributed by atoms with E-state index in [2.05, 4.69) is 12.6 Å². The number of hydrogen-bond donors (Lipinski definition) is 0. The van der Waals surface area contributed by atoms with E-state index in [1.807, 2.05) is 6.07 Å². The lowest BCUT2D eigenvalue weighted by Gasteiger charge is -2.42. The second kappa shape index (κ2) is 10.7. The van der Waals surface area contributed by atoms with Crippen molar-refractivity contribution in [3.63, 3.8) is 0 Å². The van der Waals surface area contributed by atoms with Gasteiger partial charge in [-0.1, -0.05) is 73.3 Å². The number of amides is 1. The Labute approximate surface area is 253 Å². The molecule has 4 aromatic rings. The van der Waals surface area contributed by atoms with Crippen LogP contribution in [0.5, 0.6) is 0 Å². The first-order valence-corrected chi connectivity index (χ1v) is 13.8. The van der Waals surface area contributed by atoms with Crippen LogP contribution >= 0.6 is 0 Å². The van der Waals surface area contributed by atoms with Crippen molar-refractivity contribution in [2.24, 2.45) is 0 Å². The number of rotatable bonds is 7. The number of nitro benzene ring substituents is 1. The molecule has 0 fully saturated rings. The van der Waals surface area contributed by atoms with Gasteiger partial charge in [-0.25, -0.2) is 4.79 Å². The number of hydrogen-bond acceptors (Lipinski definition) is 7. The van der Waals surface area contributed by atoms with Gasteiger partial charge < -0.3 is 9.47 Å². The molecule has 9 nitrogen and oxygen atoms in total. The fourth-order valence-corrected chi connectivity index (χ4v) is 6.27. The number of nitro groups is 1. The fourth-order valence-electron chi connectivity index (χ4n) is 6.27. The van der Waals surface area contributed by atoms with Crippen molar-refractivity contribution in [3.05, 3.63) is 154 Å². The van der Waals surface area contributed by atoms with Crippen LogP contribution < -0.4 is 4.90 Å². The highest BCUT2D eigenvalue weighted by atomic mass is 16.6. The second-order valence-electron chi connectivity index (χ2n) is 10.2. The Morgan fingerprint density at radius 1 is 0.977 bits per heavy atom. The van der Waals surface area contributed by atoms with E-state index in [0.29, 0.717) is 22.5 Å². The van der Waals surface area contributed by atoms with Crippen LogP contribution in [0.15, 0.2) is 127 Å². The molecule has 2 aliphatic rings. The zero-order chi connectivity index (χ0) is 31.1. The lowest BCUT2D eigenvalue weighted by atomic mass is 9.59. The Morgan fingerprint density at radius 3 is 2.20 bits per heavy atom. The first kappa shape index (κ1) is 28.1. The first-order valence-electron chi connectivity index (χ1n) is 13.8. The van der Waals surface area contributed by atoms with Gasteiger partial charge in [-0.3, -0.25) is 19.8 Å². The van der Waals surface area contributed by atoms with Gasteiger partial charge in [0.25, 0.3) is 11.6 Å². The molecule has 4 aromatic carbocycles. The average Bonchev–Trinajstić information content (AvgIpc) is 3.52. The van der Waals surface area contributed by atoms with E-state index >= 15 is 4.79 Å². The molecule has 9 heteroatoms. The third-order valence-electron chi connectivity index (χ3n) is 8.05. The maximum Gasteiger partial charge on any atom is 0.337 e. The number of nitrogens with zero attached hydrogens (tertiary/aromatic N) is 3. The van der Waals surface area contributed by atoms with Crippen molar-refractivity contribution < 1.29 is 24.0 Å². The van der Waals surface area contributed by atoms with Crippen LogP contribution in [0.1, 0.15) is 23.6 Å². The van der Waals surface area contributed by atoms with Gasteiger partial charge in [-0.2, -0.15) is 5.26 Å². The maximum atomic E-state index is 15.3. The third kappa shape index (κ3) is 3.78. The summed E-state index contributed by atoms with van der Waals surface area (Å²) in [6, 6.07) is 32.4. The highest BCUT2D eigenvalue weighted by Gasteiger charge is 2.74. The molecule has 0 aromatic heterocycles. The van der Waals surface area contributed by atoms with Gasteiger partial charge in [0.15, 0.2) is 11.0 Å². The van der Waals surface area contributed by atoms with Crippen LogP contribution in [0.25, 0.3) is 5.76 Å². The molecule has 0 bridgehead atoms. The number of carbonyl (C=O) groups is 2. The van der Waals surface area contributed by atoms with Crippen molar-refractivity contribution in [2.75, 3.05) is 11.5 Å². The standard InChI is InChI=1S/C35H25N3O6/c1-3-43-32(39)23(2)35(25-18-20-27(21-19-25)38(41)42)34(29(22-36)31(44-35)24-12-6-4-7-13-24)28-16-10-11-17-30(28)37(33(34)40)26-14-8-5-9-15-26/h4-21H,2-3H2,1H3/t34-,35+/m1/s1. The molecule has 1 spiro atoms. The molecule has 2 atom stereocenters. The van der Waals surface area contributed by atoms with Crippen LogP contribution in [0, 0.1) is 21.4 Å². The smallest absolute Gasteiger partial charge is 0.337 e. The quantitative estimate of drug-likeness (QED) is 0.105. The lowest BCUT2D eigenvalue weighted by molar-refractivity contribution is -0.384. The van der Waals surface area contributed by atoms with Crippen molar-refractivity contribution in [1.82, 2.24) is 0 Å². The Morgan fingerprint density at radius 2 is 1.59 bits per heavy atom. The lowest BCUT2D eigenvalue weighted by Crippen LogP contribution is -2.56. The minimum atomic E-state index is -2.08. The summed E-state index contributed by atoms with van der Waals surface area (Å²) in [4.78, 5) is 41.6. The normalized spacial score (nSPS) is 20.2. The number of fused-ring (bicyclic) bond motifs is 2. The first-order chi connectivity index (χ1) is 21.3. The fraction of sp³-hybridized carbons (Fsp3) is 0.114. The highest BCUT2D eigenvalue weighted by Crippen LogP contribution is 2.66. The summed E-state index contributed by atoms with van der Waals surface area (Å²) in [5.74, 6) is -1.33. The zero-order valence-corrected chi connectivity index (χ0v) is 23.6. The second-order valence-corrected chi connectivity index (χ2v) is 10.2. The highest BCUT2D eigenvalue weighted by molar-refractivity contribution is 6.19. The number of ether oxygens (including phenoxy) is 2. The average molecular weight is 584 g/mol. The summed E-state index contributed by atoms with van der Waals surface area (Å²) in [5, 5.41) is 22.6. The maximum absolute atomic E-state index is 15.3. The molecule has 0 saturated carbocycles. The van der Waals surface area contributed by atoms with E-state index in [-0.39, 0.29) is 34.8 Å². The van der Waals surface area contributed by atoms with Gasteiger partial charge in [-0.05, 0) is 37.3 Å². The van der Waals surface area contributed by atoms with Crippen LogP contribution in [-0.4, -0.2) is 23.4 Å². The van der Waals surface area contributed by atoms with E-state index in [0.717, 1.165) is 0 Å². The molecular weight excluding hydrogens is 558 g/mol. The van der Waals surface area contributed by atoms with Gasteiger partial charge in [0.05, 0.1) is 28.4 Å². The van der Waals surface area contributed by atoms with Crippen molar-refractivity contribution in [2.45, 2.75) is 17.9 Å². The largest absolute Gasteiger partial charge is 0.474 e. The van der Waals surface area contributed by atoms with Gasteiger partial charge in [0, 0.05) is 34.5 Å². The summed E-state index contributed by atoms with van der Waals surface area (Å²) in [7, 11) is 0. The molecule has 1 amide bonds. The summed E-state index contributed by atoms with van der Waals surface area (Å²) >= 11 is 0. The van der Waals surface area contributed by atoms with Crippen LogP contribution in [0.3, 0.4) is 0 Å². The van der Waals surface area contributed by atoms with E-state index in [1.165, 1.54) is 29.2 Å². The SMILES string of the molecule is C=C(C(=O)OCC)[C@@]1(c2ccc([N+](=O)[O-])cc2)OC(c2ccccc2)=C(C#N)[C@]12C(=O)N(c1ccccc1)c1ccccc12. The van der Waals surface area contributed by atoms with E-state index in [4.69, 9.17) is 9.47 Å². The van der Waals surface area contributed by atoms with Crippen LogP contribution in [0.2, 0.25) is 0 Å². The van der Waals surface area contributed by atoms with E-state index < -0.39 is 27.8 Å². The molecule has 6 rings (SSSR count). The number of carbonyl (C=O) groups excluding carboxylic acids is 2. The number of esters is 1. The van der Waals surface area contributed by atoms with Crippen molar-refractivity contribution in [3.8, 4) is 6.07 Å². The Bertz CT molecular complexity index is 1900. The van der Waals surface area contributed by atoms with Gasteiger partial charge >= 0.3 is 5.97 Å². The predicted octanol–water partition coefficient (Wildman–Crippen LogP) is 6.49. The van der Waals surface area contributed by atoms with Gasteiger partial charge in [0.2, 0.25) is 0 Å². The monoisotopic (exact) mass is 583 g/mol. The molecule has 2 aliphatic heterocycles. The molecule has 0 saturated heterocycles. The summed E-state index contributed by atoms with van der Waals surface area (Å²) in [5.41, 5.74) is -2.44. The number of anilines is 2. The van der Waals surface area contributed by atoms with Gasteiger partial charge in [0.1, 0.15) is 11.8 Å².